The van der Waals surface area contributed by atoms with Gasteiger partial charge in [-0.05, 0) is 86.5 Å². The van der Waals surface area contributed by atoms with Gasteiger partial charge >= 0.3 is 12.1 Å². The van der Waals surface area contributed by atoms with Crippen molar-refractivity contribution in [2.45, 2.75) is 94.7 Å². The van der Waals surface area contributed by atoms with Crippen molar-refractivity contribution >= 4 is 12.1 Å². The van der Waals surface area contributed by atoms with E-state index in [0.29, 0.717) is 18.0 Å². The minimum Gasteiger partial charge on any atom is -0.481 e. The van der Waals surface area contributed by atoms with Crippen molar-refractivity contribution in [2.75, 3.05) is 0 Å². The summed E-state index contributed by atoms with van der Waals surface area (Å²) in [5, 5.41) is 24.4. The van der Waals surface area contributed by atoms with Crippen molar-refractivity contribution in [3.63, 3.8) is 0 Å². The van der Waals surface area contributed by atoms with E-state index in [2.05, 4.69) is 47.9 Å². The number of carboxylic acids is 1. The summed E-state index contributed by atoms with van der Waals surface area (Å²) in [7, 11) is 0. The normalized spacial score (nSPS) is 43.3. The predicted octanol–water partition coefficient (Wildman–Crippen LogP) is 4.54. The zero-order chi connectivity index (χ0) is 22.6. The maximum absolute atomic E-state index is 12.0. The summed E-state index contributed by atoms with van der Waals surface area (Å²) in [4.78, 5) is 22.3. The highest BCUT2D eigenvalue weighted by Gasteiger charge is 2.64. The summed E-state index contributed by atoms with van der Waals surface area (Å²) >= 11 is 0. The predicted molar refractivity (Wildman–Crippen MR) is 122 cm³/mol. The highest BCUT2D eigenvalue weighted by atomic mass is 16.4. The molecule has 4 N–H and O–H groups in total. The summed E-state index contributed by atoms with van der Waals surface area (Å²) in [6.45, 7) is 2.33. The average Bonchev–Trinajstić information content (AvgIpc) is 3.05. The van der Waals surface area contributed by atoms with E-state index >= 15 is 0 Å². The Morgan fingerprint density at radius 1 is 0.969 bits per heavy atom. The van der Waals surface area contributed by atoms with Gasteiger partial charge in [-0.1, -0.05) is 37.3 Å². The van der Waals surface area contributed by atoms with Gasteiger partial charge in [-0.3, -0.25) is 4.79 Å². The molecule has 6 heteroatoms. The van der Waals surface area contributed by atoms with Crippen LogP contribution in [0.1, 0.15) is 76.7 Å². The van der Waals surface area contributed by atoms with E-state index in [1.165, 1.54) is 37.7 Å². The third-order valence-electron chi connectivity index (χ3n) is 8.99. The van der Waals surface area contributed by atoms with Gasteiger partial charge in [0.1, 0.15) is 0 Å². The van der Waals surface area contributed by atoms with Crippen LogP contribution in [0.15, 0.2) is 30.3 Å². The molecule has 2 aliphatic heterocycles. The summed E-state index contributed by atoms with van der Waals surface area (Å²) < 4.78 is 0. The fourth-order valence-corrected chi connectivity index (χ4v) is 8.62. The number of nitrogens with one attached hydrogen (secondary N) is 2. The molecule has 174 valence electrons. The zero-order valence-corrected chi connectivity index (χ0v) is 19.0. The van der Waals surface area contributed by atoms with Crippen molar-refractivity contribution in [1.29, 1.82) is 0 Å². The van der Waals surface area contributed by atoms with Crippen LogP contribution in [0.25, 0.3) is 0 Å². The number of piperidine rings is 1. The van der Waals surface area contributed by atoms with Crippen LogP contribution in [0, 0.1) is 16.7 Å². The first-order valence-corrected chi connectivity index (χ1v) is 12.2. The molecule has 4 aliphatic carbocycles. The molecule has 6 nitrogen and oxygen atoms in total. The molecule has 1 amide bonds. The number of amides is 1. The summed E-state index contributed by atoms with van der Waals surface area (Å²) in [6, 6.07) is 12.0. The topological polar surface area (TPSA) is 98.7 Å². The Bertz CT molecular complexity index is 879. The van der Waals surface area contributed by atoms with Crippen molar-refractivity contribution in [1.82, 2.24) is 10.6 Å². The van der Waals surface area contributed by atoms with Crippen LogP contribution in [0.5, 0.6) is 0 Å². The Kier molecular flexibility index (Phi) is 5.27. The van der Waals surface area contributed by atoms with E-state index in [-0.39, 0.29) is 16.9 Å². The molecule has 4 saturated carbocycles. The number of hydrogen-bond donors (Lipinski definition) is 4. The van der Waals surface area contributed by atoms with E-state index in [0.717, 1.165) is 32.1 Å². The molecular formula is C26H36N2O4. The molecule has 0 aromatic heterocycles. The van der Waals surface area contributed by atoms with Crippen LogP contribution in [-0.2, 0) is 10.2 Å². The zero-order valence-electron chi connectivity index (χ0n) is 19.0. The molecule has 0 spiro atoms. The van der Waals surface area contributed by atoms with E-state index in [9.17, 15) is 14.7 Å². The van der Waals surface area contributed by atoms with Crippen molar-refractivity contribution < 1.29 is 19.8 Å². The Morgan fingerprint density at radius 2 is 1.66 bits per heavy atom. The first kappa shape index (κ1) is 21.7. The third kappa shape index (κ3) is 3.91. The molecule has 32 heavy (non-hydrogen) atoms. The number of hydrogen-bond acceptors (Lipinski definition) is 3. The minimum absolute atomic E-state index is 0.119. The quantitative estimate of drug-likeness (QED) is 0.553. The molecule has 6 unspecified atom stereocenters. The third-order valence-corrected chi connectivity index (χ3v) is 8.99. The molecule has 6 atom stereocenters. The molecular weight excluding hydrogens is 404 g/mol. The highest BCUT2D eigenvalue weighted by Crippen LogP contribution is 2.70. The monoisotopic (exact) mass is 440 g/mol. The molecule has 2 saturated heterocycles. The lowest BCUT2D eigenvalue weighted by molar-refractivity contribution is -0.176. The van der Waals surface area contributed by atoms with Crippen molar-refractivity contribution in [3.8, 4) is 0 Å². The SMILES string of the molecule is CC12CC3CC(C(=O)O)(C1)CC(c1ccccc1)(C3)C2.O=C(O)NC1CC2CCC(C1)N2. The lowest BCUT2D eigenvalue weighted by Crippen LogP contribution is -2.60. The van der Waals surface area contributed by atoms with Gasteiger partial charge in [0, 0.05) is 18.1 Å². The molecule has 0 radical (unpaired) electrons. The Balaban J connectivity index is 0.000000154. The fourth-order valence-electron chi connectivity index (χ4n) is 8.62. The maximum atomic E-state index is 12.0. The summed E-state index contributed by atoms with van der Waals surface area (Å²) in [6.07, 6.45) is 9.71. The maximum Gasteiger partial charge on any atom is 0.404 e. The first-order valence-electron chi connectivity index (χ1n) is 12.2. The lowest BCUT2D eigenvalue weighted by Gasteiger charge is -2.64. The number of aliphatic carboxylic acids is 1. The van der Waals surface area contributed by atoms with Crippen molar-refractivity contribution in [2.24, 2.45) is 16.7 Å². The van der Waals surface area contributed by atoms with Crippen LogP contribution in [0.2, 0.25) is 0 Å². The van der Waals surface area contributed by atoms with Gasteiger partial charge in [-0.25, -0.2) is 4.79 Å². The minimum atomic E-state index is -0.888. The van der Waals surface area contributed by atoms with Gasteiger partial charge in [0.05, 0.1) is 5.41 Å². The van der Waals surface area contributed by atoms with Gasteiger partial charge in [0.2, 0.25) is 0 Å². The average molecular weight is 441 g/mol. The smallest absolute Gasteiger partial charge is 0.404 e. The molecule has 1 aromatic carbocycles. The highest BCUT2D eigenvalue weighted by molar-refractivity contribution is 5.76. The van der Waals surface area contributed by atoms with Crippen LogP contribution in [0.4, 0.5) is 4.79 Å². The number of carbonyl (C=O) groups is 2. The molecule has 7 rings (SSSR count). The van der Waals surface area contributed by atoms with E-state index in [4.69, 9.17) is 5.11 Å². The van der Waals surface area contributed by atoms with Crippen LogP contribution >= 0.6 is 0 Å². The Labute approximate surface area is 190 Å². The molecule has 1 aromatic rings. The summed E-state index contributed by atoms with van der Waals surface area (Å²) in [5.41, 5.74) is 1.27. The first-order chi connectivity index (χ1) is 15.2. The summed E-state index contributed by atoms with van der Waals surface area (Å²) in [5.74, 6) is 0.0562. The van der Waals surface area contributed by atoms with E-state index in [1.807, 2.05) is 0 Å². The number of rotatable bonds is 3. The second-order valence-corrected chi connectivity index (χ2v) is 11.8. The van der Waals surface area contributed by atoms with Crippen LogP contribution in [0.3, 0.4) is 0 Å². The molecule has 6 aliphatic rings. The van der Waals surface area contributed by atoms with Crippen LogP contribution < -0.4 is 10.6 Å². The molecule has 2 heterocycles. The Morgan fingerprint density at radius 3 is 2.25 bits per heavy atom. The van der Waals surface area contributed by atoms with Crippen LogP contribution in [-0.4, -0.2) is 40.4 Å². The number of fused-ring (bicyclic) bond motifs is 2. The fraction of sp³-hybridized carbons (Fsp3) is 0.692. The van der Waals surface area contributed by atoms with Gasteiger partial charge in [0.25, 0.3) is 0 Å². The van der Waals surface area contributed by atoms with Crippen molar-refractivity contribution in [3.05, 3.63) is 35.9 Å². The lowest BCUT2D eigenvalue weighted by atomic mass is 9.39. The van der Waals surface area contributed by atoms with Gasteiger partial charge in [0.15, 0.2) is 0 Å². The Hall–Kier alpha value is -2.08. The van der Waals surface area contributed by atoms with Gasteiger partial charge in [-0.15, -0.1) is 0 Å². The number of carboxylic acid groups (broad SMARTS) is 2. The van der Waals surface area contributed by atoms with Gasteiger partial charge < -0.3 is 20.8 Å². The van der Waals surface area contributed by atoms with E-state index < -0.39 is 17.5 Å². The molecule has 6 fully saturated rings. The number of benzene rings is 1. The largest absolute Gasteiger partial charge is 0.481 e. The second kappa shape index (κ2) is 7.75. The molecule has 6 bridgehead atoms. The second-order valence-electron chi connectivity index (χ2n) is 11.8. The van der Waals surface area contributed by atoms with E-state index in [1.54, 1.807) is 0 Å². The van der Waals surface area contributed by atoms with Gasteiger partial charge in [-0.2, -0.15) is 0 Å². The standard InChI is InChI=1S/C18H22O2.C8H14N2O2/c1-16-7-13-8-17(10-16,14-5-3-2-4-6-14)12-18(9-13,11-16)15(19)20;11-8(12)10-7-3-5-1-2-6(4-7)9-5/h2-6,13H,7-12H2,1H3,(H,19,20);5-7,9-10H,1-4H2,(H,11,12).